The van der Waals surface area contributed by atoms with Crippen molar-refractivity contribution < 1.29 is 9.18 Å². The van der Waals surface area contributed by atoms with Crippen LogP contribution in [0.3, 0.4) is 0 Å². The minimum atomic E-state index is -0.248. The predicted octanol–water partition coefficient (Wildman–Crippen LogP) is 5.29. The molecule has 1 saturated heterocycles. The van der Waals surface area contributed by atoms with E-state index in [-0.39, 0.29) is 17.3 Å². The van der Waals surface area contributed by atoms with Gasteiger partial charge in [0.15, 0.2) is 0 Å². The van der Waals surface area contributed by atoms with E-state index in [2.05, 4.69) is 9.97 Å². The molecule has 0 bridgehead atoms. The Kier molecular flexibility index (Phi) is 5.81. The third-order valence-electron chi connectivity index (χ3n) is 6.96. The van der Waals surface area contributed by atoms with Crippen molar-refractivity contribution in [2.75, 3.05) is 31.1 Å². The second-order valence-electron chi connectivity index (χ2n) is 9.14. The van der Waals surface area contributed by atoms with Crippen LogP contribution in [0.15, 0.2) is 95.9 Å². The first-order chi connectivity index (χ1) is 18.1. The Morgan fingerprint density at radius 1 is 0.838 bits per heavy atom. The number of halogens is 1. The number of hydrogen-bond donors (Lipinski definition) is 2. The maximum absolute atomic E-state index is 14.2. The van der Waals surface area contributed by atoms with E-state index in [0.29, 0.717) is 48.7 Å². The molecule has 1 amide bonds. The smallest absolute Gasteiger partial charge is 0.257 e. The number of piperazine rings is 1. The summed E-state index contributed by atoms with van der Waals surface area (Å²) in [6.07, 6.45) is 1.61. The van der Waals surface area contributed by atoms with Gasteiger partial charge in [0.2, 0.25) is 0 Å². The molecule has 37 heavy (non-hydrogen) atoms. The fourth-order valence-electron chi connectivity index (χ4n) is 5.09. The number of H-pyrrole nitrogens is 2. The van der Waals surface area contributed by atoms with Crippen molar-refractivity contribution >= 4 is 22.5 Å². The van der Waals surface area contributed by atoms with E-state index >= 15 is 0 Å². The molecule has 5 aromatic rings. The van der Waals surface area contributed by atoms with Gasteiger partial charge < -0.3 is 19.8 Å². The molecule has 1 fully saturated rings. The maximum atomic E-state index is 14.2. The van der Waals surface area contributed by atoms with Crippen LogP contribution in [-0.4, -0.2) is 47.0 Å². The summed E-state index contributed by atoms with van der Waals surface area (Å²) in [5.41, 5.74) is 4.89. The average molecular weight is 493 g/mol. The Balaban J connectivity index is 1.35. The molecule has 0 spiro atoms. The number of hydrogen-bond acceptors (Lipinski definition) is 3. The Morgan fingerprint density at radius 2 is 1.59 bits per heavy atom. The molecule has 1 aliphatic rings. The highest BCUT2D eigenvalue weighted by Gasteiger charge is 2.25. The fourth-order valence-corrected chi connectivity index (χ4v) is 5.09. The van der Waals surface area contributed by atoms with Gasteiger partial charge in [0, 0.05) is 54.4 Å². The summed E-state index contributed by atoms with van der Waals surface area (Å²) in [5.74, 6) is -0.309. The molecular formula is C30H25FN4O2. The van der Waals surface area contributed by atoms with Gasteiger partial charge in [-0.1, -0.05) is 42.5 Å². The summed E-state index contributed by atoms with van der Waals surface area (Å²) in [4.78, 5) is 36.1. The third kappa shape index (κ3) is 4.18. The number of rotatable bonds is 4. The lowest BCUT2D eigenvalue weighted by atomic mass is 9.98. The molecule has 7 heteroatoms. The number of nitrogens with zero attached hydrogens (tertiary/aromatic N) is 2. The number of carbonyl (C=O) groups excluding carboxylic acids is 1. The summed E-state index contributed by atoms with van der Waals surface area (Å²) < 4.78 is 14.2. The zero-order valence-electron chi connectivity index (χ0n) is 20.1. The van der Waals surface area contributed by atoms with Gasteiger partial charge in [0.05, 0.1) is 16.9 Å². The first-order valence-electron chi connectivity index (χ1n) is 12.3. The van der Waals surface area contributed by atoms with Crippen LogP contribution in [0.5, 0.6) is 0 Å². The quantitative estimate of drug-likeness (QED) is 0.358. The number of aromatic amines is 2. The van der Waals surface area contributed by atoms with Crippen molar-refractivity contribution in [3.63, 3.8) is 0 Å². The highest BCUT2D eigenvalue weighted by atomic mass is 19.1. The second-order valence-corrected chi connectivity index (χ2v) is 9.14. The summed E-state index contributed by atoms with van der Waals surface area (Å²) in [6.45, 7) is 2.15. The molecule has 3 aromatic carbocycles. The van der Waals surface area contributed by atoms with Crippen LogP contribution in [0.4, 0.5) is 10.1 Å². The molecule has 3 heterocycles. The maximum Gasteiger partial charge on any atom is 0.257 e. The number of nitrogens with one attached hydrogen (secondary N) is 2. The van der Waals surface area contributed by atoms with Crippen molar-refractivity contribution in [1.82, 2.24) is 14.9 Å². The first kappa shape index (κ1) is 22.8. The van der Waals surface area contributed by atoms with E-state index in [9.17, 15) is 14.0 Å². The second kappa shape index (κ2) is 9.43. The molecule has 2 N–H and O–H groups in total. The molecule has 2 aromatic heterocycles. The van der Waals surface area contributed by atoms with Crippen LogP contribution in [0.25, 0.3) is 33.3 Å². The van der Waals surface area contributed by atoms with Crippen LogP contribution >= 0.6 is 0 Å². The predicted molar refractivity (Wildman–Crippen MR) is 144 cm³/mol. The Hall–Kier alpha value is -4.65. The zero-order chi connectivity index (χ0) is 25.4. The molecule has 0 saturated carbocycles. The lowest BCUT2D eigenvalue weighted by molar-refractivity contribution is 0.0747. The van der Waals surface area contributed by atoms with Crippen molar-refractivity contribution in [2.24, 2.45) is 0 Å². The van der Waals surface area contributed by atoms with Crippen molar-refractivity contribution in [1.29, 1.82) is 0 Å². The minimum absolute atomic E-state index is 0.0607. The monoisotopic (exact) mass is 492 g/mol. The topological polar surface area (TPSA) is 72.2 Å². The number of para-hydroxylation sites is 1. The minimum Gasteiger partial charge on any atom is -0.366 e. The van der Waals surface area contributed by atoms with E-state index < -0.39 is 0 Å². The van der Waals surface area contributed by atoms with Gasteiger partial charge in [-0.2, -0.15) is 0 Å². The molecule has 0 aliphatic carbocycles. The van der Waals surface area contributed by atoms with E-state index in [1.165, 1.54) is 6.07 Å². The van der Waals surface area contributed by atoms with E-state index in [0.717, 1.165) is 22.0 Å². The van der Waals surface area contributed by atoms with Gasteiger partial charge in [-0.3, -0.25) is 9.59 Å². The summed E-state index contributed by atoms with van der Waals surface area (Å²) >= 11 is 0. The van der Waals surface area contributed by atoms with E-state index in [1.807, 2.05) is 64.4 Å². The number of pyridine rings is 1. The Bertz CT molecular complexity index is 1650. The first-order valence-corrected chi connectivity index (χ1v) is 12.3. The van der Waals surface area contributed by atoms with Crippen LogP contribution in [0.2, 0.25) is 0 Å². The van der Waals surface area contributed by atoms with Gasteiger partial charge in [-0.25, -0.2) is 4.39 Å². The molecule has 184 valence electrons. The van der Waals surface area contributed by atoms with Gasteiger partial charge >= 0.3 is 0 Å². The van der Waals surface area contributed by atoms with Crippen LogP contribution in [0.1, 0.15) is 10.4 Å². The third-order valence-corrected chi connectivity index (χ3v) is 6.96. The van der Waals surface area contributed by atoms with Crippen molar-refractivity contribution in [2.45, 2.75) is 0 Å². The molecule has 6 rings (SSSR count). The van der Waals surface area contributed by atoms with Gasteiger partial charge in [0.25, 0.3) is 11.5 Å². The summed E-state index contributed by atoms with van der Waals surface area (Å²) in [6, 6.07) is 25.8. The SMILES string of the molecule is O=C(c1ccc2[nH]c(-c3ccc[nH]c3=O)c(-c3ccccc3)c2c1)N1CCN(c2ccccc2F)CC1. The van der Waals surface area contributed by atoms with Crippen LogP contribution in [-0.2, 0) is 0 Å². The lowest BCUT2D eigenvalue weighted by Gasteiger charge is -2.36. The number of amides is 1. The Labute approximate surface area is 213 Å². The van der Waals surface area contributed by atoms with Crippen LogP contribution in [0, 0.1) is 5.82 Å². The summed E-state index contributed by atoms with van der Waals surface area (Å²) in [7, 11) is 0. The largest absolute Gasteiger partial charge is 0.366 e. The fraction of sp³-hybridized carbons (Fsp3) is 0.133. The standard InChI is InChI=1S/C30H25FN4O2/c31-24-10-4-5-11-26(24)34-15-17-35(18-16-34)30(37)21-12-13-25-23(19-21)27(20-7-2-1-3-8-20)28(33-25)22-9-6-14-32-29(22)36/h1-14,19,33H,15-18H2,(H,32,36). The van der Waals surface area contributed by atoms with Gasteiger partial charge in [0.1, 0.15) is 5.82 Å². The van der Waals surface area contributed by atoms with Gasteiger partial charge in [-0.05, 0) is 48.0 Å². The Morgan fingerprint density at radius 3 is 2.35 bits per heavy atom. The van der Waals surface area contributed by atoms with Gasteiger partial charge in [-0.15, -0.1) is 0 Å². The van der Waals surface area contributed by atoms with Crippen LogP contribution < -0.4 is 10.5 Å². The average Bonchev–Trinajstić information content (AvgIpc) is 3.32. The zero-order valence-corrected chi connectivity index (χ0v) is 20.1. The highest BCUT2D eigenvalue weighted by Crippen LogP contribution is 2.37. The number of benzene rings is 3. The molecular weight excluding hydrogens is 467 g/mol. The lowest BCUT2D eigenvalue weighted by Crippen LogP contribution is -2.49. The van der Waals surface area contributed by atoms with Crippen molar-refractivity contribution in [3.8, 4) is 22.4 Å². The van der Waals surface area contributed by atoms with Crippen molar-refractivity contribution in [3.05, 3.63) is 113 Å². The number of aromatic nitrogens is 2. The highest BCUT2D eigenvalue weighted by molar-refractivity contribution is 6.07. The normalized spacial score (nSPS) is 13.8. The van der Waals surface area contributed by atoms with E-state index in [4.69, 9.17) is 0 Å². The molecule has 6 nitrogen and oxygen atoms in total. The molecule has 0 radical (unpaired) electrons. The number of fused-ring (bicyclic) bond motifs is 1. The molecule has 0 atom stereocenters. The molecule has 1 aliphatic heterocycles. The summed E-state index contributed by atoms with van der Waals surface area (Å²) in [5, 5.41) is 0.875. The van der Waals surface area contributed by atoms with E-state index in [1.54, 1.807) is 30.5 Å². The molecule has 0 unspecified atom stereocenters. The number of anilines is 1. The number of carbonyl (C=O) groups is 1.